The molecule has 3 rings (SSSR count). The number of halogens is 4. The Hall–Kier alpha value is -3.36. The van der Waals surface area contributed by atoms with Crippen LogP contribution < -0.4 is 10.1 Å². The molecule has 176 valence electrons. The van der Waals surface area contributed by atoms with E-state index < -0.39 is 18.6 Å². The number of rotatable bonds is 7. The molecule has 0 unspecified atom stereocenters. The number of carbonyl (C=O) groups excluding carboxylic acids is 2. The third-order valence-electron chi connectivity index (χ3n) is 5.47. The van der Waals surface area contributed by atoms with Crippen LogP contribution in [0, 0.1) is 0 Å². The third-order valence-corrected chi connectivity index (χ3v) is 5.47. The zero-order valence-electron chi connectivity index (χ0n) is 17.8. The summed E-state index contributed by atoms with van der Waals surface area (Å²) in [6.45, 7) is 0.329. The fourth-order valence-corrected chi connectivity index (χ4v) is 3.61. The summed E-state index contributed by atoms with van der Waals surface area (Å²) in [4.78, 5) is 25.4. The molecular formula is C24H24F4N2O3. The number of hydrogen-bond acceptors (Lipinski definition) is 3. The van der Waals surface area contributed by atoms with Crippen molar-refractivity contribution in [1.82, 2.24) is 10.2 Å². The summed E-state index contributed by atoms with van der Waals surface area (Å²) >= 11 is 0. The van der Waals surface area contributed by atoms with E-state index in [1.807, 2.05) is 23.1 Å². The molecule has 9 heteroatoms. The van der Waals surface area contributed by atoms with Gasteiger partial charge in [-0.3, -0.25) is 9.59 Å². The van der Waals surface area contributed by atoms with Gasteiger partial charge >= 0.3 is 12.1 Å². The van der Waals surface area contributed by atoms with Crippen LogP contribution in [0.4, 0.5) is 17.6 Å². The van der Waals surface area contributed by atoms with Crippen molar-refractivity contribution in [3.8, 4) is 5.75 Å². The van der Waals surface area contributed by atoms with Crippen LogP contribution in [-0.4, -0.2) is 49.1 Å². The Bertz CT molecular complexity index is 967. The van der Waals surface area contributed by atoms with Gasteiger partial charge < -0.3 is 15.0 Å². The number of nitrogens with one attached hydrogen (secondary N) is 1. The highest BCUT2D eigenvalue weighted by molar-refractivity contribution is 5.94. The van der Waals surface area contributed by atoms with Gasteiger partial charge in [0.15, 0.2) is 0 Å². The van der Waals surface area contributed by atoms with E-state index in [9.17, 15) is 27.2 Å². The van der Waals surface area contributed by atoms with E-state index in [0.717, 1.165) is 12.8 Å². The van der Waals surface area contributed by atoms with Gasteiger partial charge in [-0.15, -0.1) is 0 Å². The van der Waals surface area contributed by atoms with Gasteiger partial charge in [0.1, 0.15) is 12.4 Å². The maximum absolute atomic E-state index is 12.9. The summed E-state index contributed by atoms with van der Waals surface area (Å²) in [5, 5.41) is 1.58. The lowest BCUT2D eigenvalue weighted by atomic mass is 9.89. The van der Waals surface area contributed by atoms with Crippen LogP contribution in [0.15, 0.2) is 66.5 Å². The first-order chi connectivity index (χ1) is 15.8. The molecule has 1 N–H and O–H groups in total. The third kappa shape index (κ3) is 6.81. The maximum atomic E-state index is 12.9. The van der Waals surface area contributed by atoms with E-state index in [2.05, 4.69) is 12.1 Å². The van der Waals surface area contributed by atoms with Crippen LogP contribution in [0.5, 0.6) is 5.75 Å². The molecule has 0 radical (unpaired) electrons. The summed E-state index contributed by atoms with van der Waals surface area (Å²) in [6.07, 6.45) is -3.17. The van der Waals surface area contributed by atoms with Gasteiger partial charge in [-0.1, -0.05) is 30.3 Å². The predicted molar refractivity (Wildman–Crippen MR) is 115 cm³/mol. The number of carbonyl (C=O) groups is 2. The van der Waals surface area contributed by atoms with E-state index in [-0.39, 0.29) is 24.4 Å². The number of nitrogens with zero attached hydrogens (tertiary/aromatic N) is 1. The van der Waals surface area contributed by atoms with E-state index in [1.165, 1.54) is 17.7 Å². The quantitative estimate of drug-likeness (QED) is 0.609. The van der Waals surface area contributed by atoms with Crippen molar-refractivity contribution in [3.63, 3.8) is 0 Å². The van der Waals surface area contributed by atoms with E-state index in [4.69, 9.17) is 4.74 Å². The molecule has 1 aliphatic rings. The number of alkyl halides is 3. The molecule has 2 aromatic rings. The van der Waals surface area contributed by atoms with Crippen molar-refractivity contribution in [3.05, 3.63) is 77.6 Å². The summed E-state index contributed by atoms with van der Waals surface area (Å²) in [7, 11) is 0. The van der Waals surface area contributed by atoms with Gasteiger partial charge in [-0.25, -0.2) is 4.39 Å². The summed E-state index contributed by atoms with van der Waals surface area (Å²) in [5.74, 6) is -1.50. The van der Waals surface area contributed by atoms with Crippen LogP contribution >= 0.6 is 0 Å². The molecule has 1 saturated heterocycles. The largest absolute Gasteiger partial charge is 0.489 e. The van der Waals surface area contributed by atoms with Crippen LogP contribution in [0.25, 0.3) is 0 Å². The van der Waals surface area contributed by atoms with Gasteiger partial charge in [0.2, 0.25) is 0 Å². The molecule has 5 nitrogen and oxygen atoms in total. The van der Waals surface area contributed by atoms with Crippen molar-refractivity contribution < 1.29 is 31.9 Å². The molecule has 2 amide bonds. The lowest BCUT2D eigenvalue weighted by Gasteiger charge is -2.32. The Kier molecular flexibility index (Phi) is 8.08. The molecular weight excluding hydrogens is 440 g/mol. The molecule has 1 heterocycles. The van der Waals surface area contributed by atoms with Gasteiger partial charge in [0.05, 0.1) is 6.33 Å². The molecule has 0 bridgehead atoms. The zero-order chi connectivity index (χ0) is 23.8. The second kappa shape index (κ2) is 11.0. The smallest absolute Gasteiger partial charge is 0.471 e. The van der Waals surface area contributed by atoms with Crippen LogP contribution in [0.2, 0.25) is 0 Å². The fourth-order valence-electron chi connectivity index (χ4n) is 3.61. The fraction of sp³-hybridized carbons (Fsp3) is 0.333. The highest BCUT2D eigenvalue weighted by atomic mass is 19.4. The number of amides is 2. The minimum Gasteiger partial charge on any atom is -0.489 e. The van der Waals surface area contributed by atoms with Gasteiger partial charge in [-0.2, -0.15) is 13.2 Å². The van der Waals surface area contributed by atoms with E-state index >= 15 is 0 Å². The lowest BCUT2D eigenvalue weighted by Crippen LogP contribution is -2.38. The van der Waals surface area contributed by atoms with E-state index in [0.29, 0.717) is 30.3 Å². The van der Waals surface area contributed by atoms with Gasteiger partial charge in [0.25, 0.3) is 5.91 Å². The monoisotopic (exact) mass is 464 g/mol. The Morgan fingerprint density at radius 1 is 1.03 bits per heavy atom. The molecule has 1 fully saturated rings. The second-order valence-corrected chi connectivity index (χ2v) is 7.74. The standard InChI is InChI=1S/C24H24F4N2O3/c25-14-17(15-29-23(32)24(26,27)28)16-33-21-8-6-20(7-9-21)22(31)30-12-10-19(11-13-30)18-4-2-1-3-5-18/h1-9,14,19H,10-13,15-16H2,(H,29,32). The highest BCUT2D eigenvalue weighted by Gasteiger charge is 2.38. The normalized spacial score (nSPS) is 15.3. The first-order valence-electron chi connectivity index (χ1n) is 10.5. The molecule has 0 aliphatic carbocycles. The highest BCUT2D eigenvalue weighted by Crippen LogP contribution is 2.28. The number of likely N-dealkylation sites (tertiary alicyclic amines) is 1. The predicted octanol–water partition coefficient (Wildman–Crippen LogP) is 4.62. The molecule has 0 saturated carbocycles. The Morgan fingerprint density at radius 3 is 2.24 bits per heavy atom. The topological polar surface area (TPSA) is 58.6 Å². The van der Waals surface area contributed by atoms with Crippen molar-refractivity contribution in [2.45, 2.75) is 24.9 Å². The molecule has 0 spiro atoms. The van der Waals surface area contributed by atoms with Crippen LogP contribution in [0.3, 0.4) is 0 Å². The second-order valence-electron chi connectivity index (χ2n) is 7.74. The zero-order valence-corrected chi connectivity index (χ0v) is 17.8. The molecule has 33 heavy (non-hydrogen) atoms. The van der Waals surface area contributed by atoms with Crippen LogP contribution in [-0.2, 0) is 4.79 Å². The summed E-state index contributed by atoms with van der Waals surface area (Å²) in [5.41, 5.74) is 1.60. The SMILES string of the molecule is O=C(c1ccc(OCC(=CF)CNC(=O)C(F)(F)F)cc1)N1CCC(c2ccccc2)CC1. The first kappa shape index (κ1) is 24.3. The molecule has 2 aromatic carbocycles. The number of hydrogen-bond donors (Lipinski definition) is 1. The van der Waals surface area contributed by atoms with Crippen molar-refractivity contribution in [2.75, 3.05) is 26.2 Å². The molecule has 0 aromatic heterocycles. The molecule has 1 aliphatic heterocycles. The minimum absolute atomic E-state index is 0.0905. The molecule has 0 atom stereocenters. The summed E-state index contributed by atoms with van der Waals surface area (Å²) in [6, 6.07) is 16.5. The van der Waals surface area contributed by atoms with Crippen molar-refractivity contribution in [1.29, 1.82) is 0 Å². The average molecular weight is 464 g/mol. The minimum atomic E-state index is -5.04. The lowest BCUT2D eigenvalue weighted by molar-refractivity contribution is -0.173. The van der Waals surface area contributed by atoms with Gasteiger partial charge in [0, 0.05) is 30.8 Å². The van der Waals surface area contributed by atoms with E-state index in [1.54, 1.807) is 17.4 Å². The maximum Gasteiger partial charge on any atom is 0.471 e. The Balaban J connectivity index is 1.47. The van der Waals surface area contributed by atoms with Crippen molar-refractivity contribution >= 4 is 11.8 Å². The average Bonchev–Trinajstić information content (AvgIpc) is 2.84. The Morgan fingerprint density at radius 2 is 1.67 bits per heavy atom. The van der Waals surface area contributed by atoms with Crippen molar-refractivity contribution in [2.24, 2.45) is 0 Å². The number of piperidine rings is 1. The summed E-state index contributed by atoms with van der Waals surface area (Å²) < 4.78 is 54.9. The number of benzene rings is 2. The number of ether oxygens (including phenoxy) is 1. The van der Waals surface area contributed by atoms with Gasteiger partial charge in [-0.05, 0) is 48.6 Å². The Labute approximate surface area is 189 Å². The van der Waals surface area contributed by atoms with Crippen LogP contribution in [0.1, 0.15) is 34.7 Å². The first-order valence-corrected chi connectivity index (χ1v) is 10.5.